The summed E-state index contributed by atoms with van der Waals surface area (Å²) in [5.74, 6) is -1.39. The second kappa shape index (κ2) is 18.0. The van der Waals surface area contributed by atoms with E-state index in [1.165, 1.54) is 30.2 Å². The molecule has 3 aromatic carbocycles. The lowest BCUT2D eigenvalue weighted by molar-refractivity contribution is -0.114. The first kappa shape index (κ1) is 39.6. The smallest absolute Gasteiger partial charge is 0.410 e. The third-order valence-electron chi connectivity index (χ3n) is 7.86. The summed E-state index contributed by atoms with van der Waals surface area (Å²) in [6.07, 6.45) is 1.52. The fourth-order valence-electron chi connectivity index (χ4n) is 5.45. The first-order chi connectivity index (χ1) is 25.8. The Kier molecular flexibility index (Phi) is 13.2. The highest BCUT2D eigenvalue weighted by Crippen LogP contribution is 2.38. The molecule has 1 aliphatic heterocycles. The number of methoxy groups -OCH3 is 1. The minimum atomic E-state index is -0.650. The van der Waals surface area contributed by atoms with Crippen molar-refractivity contribution in [1.82, 2.24) is 10.2 Å². The number of thioether (sulfide) groups is 1. The molecular weight excluding hydrogens is 729 g/mol. The van der Waals surface area contributed by atoms with Gasteiger partial charge in [0.05, 0.1) is 31.6 Å². The topological polar surface area (TPSA) is 152 Å². The second-order valence-electron chi connectivity index (χ2n) is 13.0. The van der Waals surface area contributed by atoms with Crippen LogP contribution in [0, 0.1) is 0 Å². The standard InChI is InChI=1S/C40H42N4O8S2/c1-6-51-31-18-11-10-15-26(31)21-30(42-35(46)25-13-8-7-9-14-25)36(47)41-27-16-12-17-28(22-27)53-24-33(45)43-37-34(38(48)50-5)29-19-20-44(23-32(29)54-37)39(49)52-40(2,3)4/h7-18,21-22H,6,19-20,23-24H2,1-5H3,(H,41,47)(H,42,46)(H,43,45)/b30-21+. The Morgan fingerprint density at radius 2 is 1.69 bits per heavy atom. The van der Waals surface area contributed by atoms with Crippen LogP contribution >= 0.6 is 23.1 Å². The lowest BCUT2D eigenvalue weighted by Crippen LogP contribution is -2.39. The summed E-state index contributed by atoms with van der Waals surface area (Å²) >= 11 is 2.47. The molecular formula is C40H42N4O8S2. The average Bonchev–Trinajstić information content (AvgIpc) is 3.50. The summed E-state index contributed by atoms with van der Waals surface area (Å²) in [6, 6.07) is 22.7. The van der Waals surface area contributed by atoms with Gasteiger partial charge in [0.1, 0.15) is 22.0 Å². The zero-order chi connectivity index (χ0) is 38.8. The first-order valence-corrected chi connectivity index (χ1v) is 19.0. The van der Waals surface area contributed by atoms with Gasteiger partial charge in [-0.25, -0.2) is 9.59 Å². The van der Waals surface area contributed by atoms with E-state index in [2.05, 4.69) is 16.0 Å². The Morgan fingerprint density at radius 3 is 2.41 bits per heavy atom. The number of nitrogens with one attached hydrogen (secondary N) is 3. The van der Waals surface area contributed by atoms with Crippen LogP contribution in [0.15, 0.2) is 89.5 Å². The maximum absolute atomic E-state index is 13.7. The van der Waals surface area contributed by atoms with E-state index in [-0.39, 0.29) is 29.5 Å². The van der Waals surface area contributed by atoms with Crippen molar-refractivity contribution in [2.24, 2.45) is 0 Å². The monoisotopic (exact) mass is 770 g/mol. The molecule has 1 aromatic heterocycles. The number of hydrogen-bond donors (Lipinski definition) is 3. The van der Waals surface area contributed by atoms with Crippen LogP contribution in [0.1, 0.15) is 64.4 Å². The lowest BCUT2D eigenvalue weighted by Gasteiger charge is -2.30. The molecule has 12 nitrogen and oxygen atoms in total. The number of hydrogen-bond acceptors (Lipinski definition) is 10. The van der Waals surface area contributed by atoms with Gasteiger partial charge in [0.25, 0.3) is 11.8 Å². The molecule has 0 saturated heterocycles. The third-order valence-corrected chi connectivity index (χ3v) is 9.99. The van der Waals surface area contributed by atoms with Crippen molar-refractivity contribution in [2.75, 3.05) is 36.6 Å². The van der Waals surface area contributed by atoms with E-state index < -0.39 is 29.5 Å². The highest BCUT2D eigenvalue weighted by atomic mass is 32.2. The molecule has 0 radical (unpaired) electrons. The van der Waals surface area contributed by atoms with Crippen molar-refractivity contribution in [3.8, 4) is 5.75 Å². The molecule has 2 heterocycles. The van der Waals surface area contributed by atoms with E-state index in [0.717, 1.165) is 10.4 Å². The molecule has 1 aliphatic rings. The molecule has 0 unspecified atom stereocenters. The number of fused-ring (bicyclic) bond motifs is 1. The van der Waals surface area contributed by atoms with Gasteiger partial charge in [0, 0.05) is 33.1 Å². The van der Waals surface area contributed by atoms with E-state index in [0.29, 0.717) is 52.0 Å². The van der Waals surface area contributed by atoms with Crippen molar-refractivity contribution in [3.63, 3.8) is 0 Å². The van der Waals surface area contributed by atoms with E-state index >= 15 is 0 Å². The van der Waals surface area contributed by atoms with Gasteiger partial charge in [-0.05, 0) is 82.2 Å². The van der Waals surface area contributed by atoms with Crippen LogP contribution in [-0.4, -0.2) is 66.3 Å². The van der Waals surface area contributed by atoms with Crippen LogP contribution in [-0.2, 0) is 32.0 Å². The van der Waals surface area contributed by atoms with E-state index in [1.807, 2.05) is 19.1 Å². The van der Waals surface area contributed by atoms with Crippen LogP contribution in [0.4, 0.5) is 15.5 Å². The molecule has 4 amide bonds. The minimum absolute atomic E-state index is 0.00251. The molecule has 3 N–H and O–H groups in total. The number of esters is 1. The second-order valence-corrected chi connectivity index (χ2v) is 15.2. The molecule has 0 saturated carbocycles. The number of para-hydroxylation sites is 1. The first-order valence-electron chi connectivity index (χ1n) is 17.2. The number of anilines is 2. The molecule has 0 bridgehead atoms. The summed E-state index contributed by atoms with van der Waals surface area (Å²) in [7, 11) is 1.28. The van der Waals surface area contributed by atoms with Crippen LogP contribution in [0.3, 0.4) is 0 Å². The van der Waals surface area contributed by atoms with Gasteiger partial charge in [-0.1, -0.05) is 42.5 Å². The Morgan fingerprint density at radius 1 is 0.944 bits per heavy atom. The summed E-state index contributed by atoms with van der Waals surface area (Å²) in [6.45, 7) is 8.27. The van der Waals surface area contributed by atoms with Crippen molar-refractivity contribution in [2.45, 2.75) is 51.2 Å². The number of carbonyl (C=O) groups is 5. The Balaban J connectivity index is 1.27. The number of amides is 4. The predicted molar refractivity (Wildman–Crippen MR) is 210 cm³/mol. The van der Waals surface area contributed by atoms with Crippen molar-refractivity contribution < 1.29 is 38.2 Å². The number of ether oxygens (including phenoxy) is 3. The lowest BCUT2D eigenvalue weighted by atomic mass is 10.0. The maximum atomic E-state index is 13.7. The molecule has 4 aromatic rings. The number of thiophene rings is 1. The molecule has 0 atom stereocenters. The highest BCUT2D eigenvalue weighted by molar-refractivity contribution is 8.00. The van der Waals surface area contributed by atoms with Gasteiger partial charge in [0.2, 0.25) is 5.91 Å². The largest absolute Gasteiger partial charge is 0.493 e. The zero-order valence-corrected chi connectivity index (χ0v) is 32.3. The molecule has 5 rings (SSSR count). The molecule has 54 heavy (non-hydrogen) atoms. The molecule has 14 heteroatoms. The summed E-state index contributed by atoms with van der Waals surface area (Å²) < 4.78 is 16.3. The fraction of sp³-hybridized carbons (Fsp3) is 0.275. The van der Waals surface area contributed by atoms with E-state index in [9.17, 15) is 24.0 Å². The molecule has 0 aliphatic carbocycles. The van der Waals surface area contributed by atoms with Crippen LogP contribution in [0.5, 0.6) is 5.75 Å². The Labute approximate surface area is 322 Å². The summed E-state index contributed by atoms with van der Waals surface area (Å²) in [4.78, 5) is 68.6. The van der Waals surface area contributed by atoms with Crippen molar-refractivity contribution >= 4 is 69.6 Å². The van der Waals surface area contributed by atoms with Gasteiger partial charge >= 0.3 is 12.1 Å². The van der Waals surface area contributed by atoms with Gasteiger partial charge in [-0.3, -0.25) is 14.4 Å². The quantitative estimate of drug-likeness (QED) is 0.0762. The number of benzene rings is 3. The van der Waals surface area contributed by atoms with E-state index in [1.54, 1.807) is 98.5 Å². The van der Waals surface area contributed by atoms with Crippen molar-refractivity contribution in [1.29, 1.82) is 0 Å². The van der Waals surface area contributed by atoms with Crippen molar-refractivity contribution in [3.05, 3.63) is 112 Å². The van der Waals surface area contributed by atoms with Gasteiger partial charge in [-0.15, -0.1) is 23.1 Å². The maximum Gasteiger partial charge on any atom is 0.410 e. The molecule has 0 fully saturated rings. The van der Waals surface area contributed by atoms with Crippen LogP contribution < -0.4 is 20.7 Å². The number of carbonyl (C=O) groups excluding carboxylic acids is 5. The summed E-state index contributed by atoms with van der Waals surface area (Å²) in [5.41, 5.74) is 1.82. The summed E-state index contributed by atoms with van der Waals surface area (Å²) in [5, 5.41) is 8.81. The normalized spacial score (nSPS) is 12.6. The fourth-order valence-corrected chi connectivity index (χ4v) is 7.47. The Bertz CT molecular complexity index is 2060. The third kappa shape index (κ3) is 10.5. The van der Waals surface area contributed by atoms with Gasteiger partial charge in [-0.2, -0.15) is 0 Å². The molecule has 282 valence electrons. The van der Waals surface area contributed by atoms with E-state index in [4.69, 9.17) is 14.2 Å². The SMILES string of the molecule is CCOc1ccccc1/C=C(/NC(=O)c1ccccc1)C(=O)Nc1cccc(SCC(=O)Nc2sc3c(c2C(=O)OC)CCN(C(=O)OC(C)(C)C)C3)c1. The number of nitrogens with zero attached hydrogens (tertiary/aromatic N) is 1. The predicted octanol–water partition coefficient (Wildman–Crippen LogP) is 7.37. The highest BCUT2D eigenvalue weighted by Gasteiger charge is 2.32. The zero-order valence-electron chi connectivity index (χ0n) is 30.6. The van der Waals surface area contributed by atoms with Gasteiger partial charge < -0.3 is 35.1 Å². The average molecular weight is 771 g/mol. The molecule has 0 spiro atoms. The Hall–Kier alpha value is -5.60. The minimum Gasteiger partial charge on any atom is -0.493 e. The van der Waals surface area contributed by atoms with Gasteiger partial charge in [0.15, 0.2) is 0 Å². The van der Waals surface area contributed by atoms with Crippen LogP contribution in [0.2, 0.25) is 0 Å². The van der Waals surface area contributed by atoms with Crippen LogP contribution in [0.25, 0.3) is 6.08 Å². The number of rotatable bonds is 12.